The monoisotopic (exact) mass is 414 g/mol. The van der Waals surface area contributed by atoms with Gasteiger partial charge in [0.15, 0.2) is 5.82 Å². The van der Waals surface area contributed by atoms with Gasteiger partial charge in [-0.3, -0.25) is 9.36 Å². The molecular formula is C24H19FN4O2. The Labute approximate surface area is 177 Å². The summed E-state index contributed by atoms with van der Waals surface area (Å²) in [6, 6.07) is 18.0. The molecule has 1 aromatic heterocycles. The summed E-state index contributed by atoms with van der Waals surface area (Å²) >= 11 is 0. The zero-order valence-corrected chi connectivity index (χ0v) is 16.5. The number of aromatic nitrogens is 3. The van der Waals surface area contributed by atoms with Gasteiger partial charge in [-0.05, 0) is 29.8 Å². The Morgan fingerprint density at radius 2 is 1.90 bits per heavy atom. The molecule has 0 amide bonds. The third-order valence-corrected chi connectivity index (χ3v) is 5.21. The van der Waals surface area contributed by atoms with Gasteiger partial charge in [0.05, 0.1) is 29.8 Å². The molecule has 5 rings (SSSR count). The van der Waals surface area contributed by atoms with Crippen molar-refractivity contribution < 1.29 is 8.81 Å². The van der Waals surface area contributed by atoms with Gasteiger partial charge >= 0.3 is 0 Å². The number of halogens is 1. The number of hydrogen-bond donors (Lipinski definition) is 2. The molecule has 2 aromatic carbocycles. The molecule has 154 valence electrons. The molecule has 2 aliphatic heterocycles. The second kappa shape index (κ2) is 7.60. The molecule has 3 N–H and O–H groups in total. The Balaban J connectivity index is 1.67. The SMILES string of the molecule is Nc1ccc(-c2cn3c(=O)c(Cc4ccco4)nc-3c(Cc3ccccc3)[nH]2)cc1F. The highest BCUT2D eigenvalue weighted by Crippen LogP contribution is 2.25. The third kappa shape index (κ3) is 3.61. The van der Waals surface area contributed by atoms with Crippen LogP contribution in [0.25, 0.3) is 17.1 Å². The predicted molar refractivity (Wildman–Crippen MR) is 116 cm³/mol. The number of fused-ring (bicyclic) bond motifs is 1. The van der Waals surface area contributed by atoms with Crippen molar-refractivity contribution in [3.63, 3.8) is 0 Å². The lowest BCUT2D eigenvalue weighted by Gasteiger charge is -2.13. The number of imidazole rings is 1. The van der Waals surface area contributed by atoms with Crippen molar-refractivity contribution in [3.05, 3.63) is 112 Å². The molecule has 0 fully saturated rings. The number of hydrogen-bond acceptors (Lipinski definition) is 4. The molecule has 0 unspecified atom stereocenters. The van der Waals surface area contributed by atoms with Crippen LogP contribution in [0, 0.1) is 5.82 Å². The topological polar surface area (TPSA) is 89.8 Å². The highest BCUT2D eigenvalue weighted by atomic mass is 19.1. The summed E-state index contributed by atoms with van der Waals surface area (Å²) in [5.74, 6) is 0.687. The van der Waals surface area contributed by atoms with Gasteiger partial charge in [-0.15, -0.1) is 0 Å². The number of nitrogens with one attached hydrogen (secondary N) is 1. The maximum atomic E-state index is 14.1. The minimum absolute atomic E-state index is 0.0715. The summed E-state index contributed by atoms with van der Waals surface area (Å²) in [5, 5.41) is 0. The first-order valence-electron chi connectivity index (χ1n) is 9.83. The molecule has 6 nitrogen and oxygen atoms in total. The first-order valence-corrected chi connectivity index (χ1v) is 9.83. The summed E-state index contributed by atoms with van der Waals surface area (Å²) in [5.41, 5.74) is 8.84. The van der Waals surface area contributed by atoms with E-state index in [1.807, 2.05) is 36.4 Å². The van der Waals surface area contributed by atoms with Gasteiger partial charge in [0.1, 0.15) is 17.3 Å². The van der Waals surface area contributed by atoms with Crippen LogP contribution in [-0.4, -0.2) is 14.5 Å². The fraction of sp³-hybridized carbons (Fsp3) is 0.0833. The van der Waals surface area contributed by atoms with Crippen LogP contribution < -0.4 is 11.3 Å². The smallest absolute Gasteiger partial charge is 0.278 e. The predicted octanol–water partition coefficient (Wildman–Crippen LogP) is 4.16. The molecule has 31 heavy (non-hydrogen) atoms. The average molecular weight is 414 g/mol. The Hall–Kier alpha value is -4.13. The zero-order chi connectivity index (χ0) is 21.4. The fourth-order valence-corrected chi connectivity index (χ4v) is 3.64. The van der Waals surface area contributed by atoms with Crippen LogP contribution in [0.3, 0.4) is 0 Å². The third-order valence-electron chi connectivity index (χ3n) is 5.21. The number of anilines is 1. The van der Waals surface area contributed by atoms with Crippen LogP contribution >= 0.6 is 0 Å². The van der Waals surface area contributed by atoms with E-state index in [4.69, 9.17) is 10.2 Å². The maximum Gasteiger partial charge on any atom is 0.278 e. The Morgan fingerprint density at radius 3 is 2.65 bits per heavy atom. The lowest BCUT2D eigenvalue weighted by atomic mass is 10.1. The van der Waals surface area contributed by atoms with Crippen molar-refractivity contribution in [2.75, 3.05) is 5.73 Å². The second-order valence-corrected chi connectivity index (χ2v) is 7.36. The standard InChI is InChI=1S/C24H19FN4O2/c25-18-12-16(8-9-19(18)26)22-14-29-23(20(27-22)11-15-5-2-1-3-6-15)28-21(24(29)30)13-17-7-4-10-31-17/h1-10,12,14,27H,11,13,26H2. The van der Waals surface area contributed by atoms with Crippen LogP contribution in [-0.2, 0) is 12.8 Å². The number of furan rings is 1. The Bertz CT molecular complexity index is 1370. The van der Waals surface area contributed by atoms with Crippen molar-refractivity contribution in [1.82, 2.24) is 14.5 Å². The molecule has 2 aliphatic rings. The quantitative estimate of drug-likeness (QED) is 0.423. The maximum absolute atomic E-state index is 14.1. The highest BCUT2D eigenvalue weighted by molar-refractivity contribution is 5.63. The molecule has 3 aromatic rings. The zero-order valence-electron chi connectivity index (χ0n) is 16.5. The highest BCUT2D eigenvalue weighted by Gasteiger charge is 2.21. The van der Waals surface area contributed by atoms with Crippen molar-refractivity contribution >= 4 is 5.69 Å². The lowest BCUT2D eigenvalue weighted by Crippen LogP contribution is -2.17. The van der Waals surface area contributed by atoms with E-state index in [1.165, 1.54) is 16.7 Å². The van der Waals surface area contributed by atoms with Crippen LogP contribution in [0.15, 0.2) is 82.3 Å². The summed E-state index contributed by atoms with van der Waals surface area (Å²) in [4.78, 5) is 21.1. The van der Waals surface area contributed by atoms with Gasteiger partial charge in [-0.2, -0.15) is 0 Å². The molecule has 0 saturated carbocycles. The first kappa shape index (κ1) is 18.9. The van der Waals surface area contributed by atoms with Crippen molar-refractivity contribution in [2.45, 2.75) is 12.8 Å². The van der Waals surface area contributed by atoms with Gasteiger partial charge < -0.3 is 15.1 Å². The minimum Gasteiger partial charge on any atom is -0.469 e. The number of nitrogen functional groups attached to an aromatic ring is 1. The van der Waals surface area contributed by atoms with E-state index in [0.29, 0.717) is 41.4 Å². The largest absolute Gasteiger partial charge is 0.469 e. The van der Waals surface area contributed by atoms with Crippen molar-refractivity contribution in [3.8, 4) is 17.1 Å². The van der Waals surface area contributed by atoms with Gasteiger partial charge in [-0.1, -0.05) is 36.4 Å². The molecular weight excluding hydrogens is 395 g/mol. The van der Waals surface area contributed by atoms with Crippen molar-refractivity contribution in [1.29, 1.82) is 0 Å². The van der Waals surface area contributed by atoms with Crippen LogP contribution in [0.1, 0.15) is 22.7 Å². The summed E-state index contributed by atoms with van der Waals surface area (Å²) < 4.78 is 21.0. The van der Waals surface area contributed by atoms with Gasteiger partial charge in [0.2, 0.25) is 0 Å². The summed E-state index contributed by atoms with van der Waals surface area (Å²) in [6.45, 7) is 0. The molecule has 3 heterocycles. The first-order chi connectivity index (χ1) is 15.1. The lowest BCUT2D eigenvalue weighted by molar-refractivity contribution is 0.519. The fourth-order valence-electron chi connectivity index (χ4n) is 3.64. The molecule has 0 radical (unpaired) electrons. The number of nitrogens with two attached hydrogens (primary N) is 1. The normalized spacial score (nSPS) is 11.3. The Kier molecular flexibility index (Phi) is 4.63. The van der Waals surface area contributed by atoms with Crippen LogP contribution in [0.4, 0.5) is 10.1 Å². The van der Waals surface area contributed by atoms with E-state index in [9.17, 15) is 9.18 Å². The molecule has 0 atom stereocenters. The number of H-pyrrole nitrogens is 1. The number of nitrogens with zero attached hydrogens (tertiary/aromatic N) is 2. The molecule has 7 heteroatoms. The van der Waals surface area contributed by atoms with E-state index in [0.717, 1.165) is 11.3 Å². The molecule has 0 saturated heterocycles. The average Bonchev–Trinajstić information content (AvgIpc) is 3.40. The van der Waals surface area contributed by atoms with Crippen LogP contribution in [0.2, 0.25) is 0 Å². The van der Waals surface area contributed by atoms with Gasteiger partial charge in [0, 0.05) is 18.2 Å². The molecule has 0 bridgehead atoms. The van der Waals surface area contributed by atoms with Gasteiger partial charge in [-0.25, -0.2) is 9.37 Å². The van der Waals surface area contributed by atoms with Gasteiger partial charge in [0.25, 0.3) is 5.56 Å². The summed E-state index contributed by atoms with van der Waals surface area (Å²) in [6.07, 6.45) is 4.05. The van der Waals surface area contributed by atoms with E-state index < -0.39 is 5.82 Å². The minimum atomic E-state index is -0.512. The summed E-state index contributed by atoms with van der Waals surface area (Å²) in [7, 11) is 0. The second-order valence-electron chi connectivity index (χ2n) is 7.36. The molecule has 0 spiro atoms. The van der Waals surface area contributed by atoms with E-state index >= 15 is 0 Å². The van der Waals surface area contributed by atoms with Crippen molar-refractivity contribution in [2.24, 2.45) is 0 Å². The number of rotatable bonds is 5. The van der Waals surface area contributed by atoms with E-state index in [-0.39, 0.29) is 11.2 Å². The van der Waals surface area contributed by atoms with Crippen LogP contribution in [0.5, 0.6) is 0 Å². The number of benzene rings is 2. The number of aromatic amines is 1. The molecule has 0 aliphatic carbocycles. The Morgan fingerprint density at radius 1 is 1.06 bits per heavy atom. The van der Waals surface area contributed by atoms with E-state index in [2.05, 4.69) is 9.97 Å². The van der Waals surface area contributed by atoms with E-state index in [1.54, 1.807) is 24.6 Å².